The number of aryl methyl sites for hydroxylation is 1. The van der Waals surface area contributed by atoms with E-state index in [1.807, 2.05) is 88.9 Å². The van der Waals surface area contributed by atoms with Crippen LogP contribution in [0.2, 0.25) is 0 Å². The van der Waals surface area contributed by atoms with E-state index in [0.29, 0.717) is 35.2 Å². The van der Waals surface area contributed by atoms with Crippen molar-refractivity contribution in [3.05, 3.63) is 126 Å². The summed E-state index contributed by atoms with van der Waals surface area (Å²) in [6, 6.07) is 30.3. The zero-order valence-corrected chi connectivity index (χ0v) is 31.1. The predicted octanol–water partition coefficient (Wildman–Crippen LogP) is 8.63. The Morgan fingerprint density at radius 2 is 1.00 bits per heavy atom. The smallest absolute Gasteiger partial charge is 0.239 e. The number of nitrogen functional groups attached to an aromatic ring is 2. The Kier molecular flexibility index (Phi) is 9.03. The lowest BCUT2D eigenvalue weighted by molar-refractivity contribution is 0.415. The summed E-state index contributed by atoms with van der Waals surface area (Å²) in [5.74, 6) is 2.13. The number of ether oxygens (including phenoxy) is 1. The number of benzene rings is 4. The van der Waals surface area contributed by atoms with Gasteiger partial charge in [-0.05, 0) is 93.3 Å². The van der Waals surface area contributed by atoms with E-state index < -0.39 is 11.6 Å². The van der Waals surface area contributed by atoms with Gasteiger partial charge in [0, 0.05) is 23.2 Å². The van der Waals surface area contributed by atoms with Crippen LogP contribution in [0.25, 0.3) is 34.0 Å². The van der Waals surface area contributed by atoms with Crippen LogP contribution in [0.5, 0.6) is 5.75 Å². The molecule has 10 rings (SSSR count). The monoisotopic (exact) mass is 764 g/mol. The van der Waals surface area contributed by atoms with E-state index in [-0.39, 0.29) is 23.3 Å². The number of rotatable bonds is 9. The molecular weight excluding hydrogens is 727 g/mol. The number of nitrogens with zero attached hydrogens (tertiary/aromatic N) is 8. The predicted molar refractivity (Wildman–Crippen MR) is 217 cm³/mol. The van der Waals surface area contributed by atoms with Crippen molar-refractivity contribution in [1.82, 2.24) is 39.0 Å². The maximum absolute atomic E-state index is 14.7. The fourth-order valence-electron chi connectivity index (χ4n) is 6.60. The topological polar surface area (TPSA) is 173 Å². The Morgan fingerprint density at radius 1 is 0.579 bits per heavy atom. The number of halogens is 2. The lowest BCUT2D eigenvalue weighted by Gasteiger charge is -2.12. The van der Waals surface area contributed by atoms with Crippen LogP contribution in [0.4, 0.5) is 43.4 Å². The molecule has 57 heavy (non-hydrogen) atoms. The molecule has 0 aliphatic heterocycles. The van der Waals surface area contributed by atoms with Crippen molar-refractivity contribution in [1.29, 1.82) is 0 Å². The number of anilines is 6. The molecule has 0 radical (unpaired) electrons. The molecule has 13 nitrogen and oxygen atoms in total. The van der Waals surface area contributed by atoms with Crippen LogP contribution in [-0.4, -0.2) is 46.1 Å². The minimum Gasteiger partial charge on any atom is -0.497 e. The van der Waals surface area contributed by atoms with E-state index >= 15 is 0 Å². The van der Waals surface area contributed by atoms with Crippen molar-refractivity contribution in [3.8, 4) is 17.6 Å². The second-order valence-corrected chi connectivity index (χ2v) is 14.1. The lowest BCUT2D eigenvalue weighted by Crippen LogP contribution is -2.11. The first kappa shape index (κ1) is 35.5. The summed E-state index contributed by atoms with van der Waals surface area (Å²) in [5.41, 5.74) is 17.8. The van der Waals surface area contributed by atoms with Crippen molar-refractivity contribution in [2.75, 3.05) is 29.2 Å². The molecule has 0 spiro atoms. The van der Waals surface area contributed by atoms with Crippen molar-refractivity contribution < 1.29 is 13.5 Å². The van der Waals surface area contributed by atoms with Crippen LogP contribution >= 0.6 is 0 Å². The number of hydrogen-bond donors (Lipinski definition) is 4. The van der Waals surface area contributed by atoms with Crippen molar-refractivity contribution in [2.45, 2.75) is 44.4 Å². The molecule has 2 aliphatic rings. The zero-order chi connectivity index (χ0) is 39.2. The average molecular weight is 765 g/mol. The summed E-state index contributed by atoms with van der Waals surface area (Å²) in [6.45, 7) is 1.99. The van der Waals surface area contributed by atoms with Crippen LogP contribution in [0, 0.1) is 18.6 Å². The molecule has 0 bridgehead atoms. The molecule has 2 aliphatic carbocycles. The lowest BCUT2D eigenvalue weighted by atomic mass is 10.2. The first-order valence-electron chi connectivity index (χ1n) is 18.6. The third-order valence-electron chi connectivity index (χ3n) is 9.86. The second-order valence-electron chi connectivity index (χ2n) is 14.1. The van der Waals surface area contributed by atoms with Gasteiger partial charge in [-0.1, -0.05) is 42.0 Å². The largest absolute Gasteiger partial charge is 0.497 e. The number of para-hydroxylation sites is 4. The van der Waals surface area contributed by atoms with E-state index in [1.54, 1.807) is 31.4 Å². The fraction of sp³-hybridized carbons (Fsp3) is 0.190. The Hall–Kier alpha value is -7.16. The number of nitrogens with two attached hydrogens (primary N) is 2. The highest BCUT2D eigenvalue weighted by atomic mass is 19.1. The highest BCUT2D eigenvalue weighted by Gasteiger charge is 2.32. The molecule has 286 valence electrons. The van der Waals surface area contributed by atoms with Crippen molar-refractivity contribution in [3.63, 3.8) is 0 Å². The minimum atomic E-state index is -0.693. The Balaban J connectivity index is 0.000000148. The van der Waals surface area contributed by atoms with E-state index in [2.05, 4.69) is 30.6 Å². The number of methoxy groups -OCH3 is 1. The van der Waals surface area contributed by atoms with Gasteiger partial charge >= 0.3 is 0 Å². The second kappa shape index (κ2) is 14.5. The van der Waals surface area contributed by atoms with Crippen LogP contribution in [-0.2, 0) is 0 Å². The van der Waals surface area contributed by atoms with E-state index in [1.165, 1.54) is 0 Å². The van der Waals surface area contributed by atoms with Crippen molar-refractivity contribution >= 4 is 56.7 Å². The molecule has 4 aromatic carbocycles. The van der Waals surface area contributed by atoms with Crippen molar-refractivity contribution in [2.24, 2.45) is 0 Å². The standard InChI is InChI=1S/C21H19FN6O.C21H19FN6/c1-29-14-10-8-13(9-11-14)24-19-17(22)18(23)26-21(27-19)28-16-5-3-2-4-15(16)25-20(28)12-6-7-12;1-12-6-10-14(11-7-12)24-19-17(22)18(23)26-21(27-19)28-16-5-3-2-4-15(16)25-20(28)13-8-9-13/h2-5,8-12H,6-7H2,1H3,(H3,23,24,26,27);2-7,10-11,13H,8-9H2,1H3,(H3,23,24,26,27). The Bertz CT molecular complexity index is 2760. The van der Waals surface area contributed by atoms with Gasteiger partial charge in [-0.25, -0.2) is 9.97 Å². The summed E-state index contributed by atoms with van der Waals surface area (Å²) < 4.78 is 38.2. The molecule has 4 aromatic heterocycles. The summed E-state index contributed by atoms with van der Waals surface area (Å²) in [4.78, 5) is 26.9. The van der Waals surface area contributed by atoms with Gasteiger partial charge in [-0.3, -0.25) is 9.13 Å². The number of fused-ring (bicyclic) bond motifs is 2. The maximum atomic E-state index is 14.7. The minimum absolute atomic E-state index is 0.0113. The highest BCUT2D eigenvalue weighted by Crippen LogP contribution is 2.43. The third kappa shape index (κ3) is 7.10. The number of aromatic nitrogens is 8. The molecule has 15 heteroatoms. The molecule has 0 amide bonds. The van der Waals surface area contributed by atoms with Gasteiger partial charge in [0.1, 0.15) is 17.4 Å². The van der Waals surface area contributed by atoms with E-state index in [9.17, 15) is 8.78 Å². The fourth-order valence-corrected chi connectivity index (χ4v) is 6.60. The summed E-state index contributed by atoms with van der Waals surface area (Å²) >= 11 is 0. The van der Waals surface area contributed by atoms with Gasteiger partial charge in [0.15, 0.2) is 23.3 Å². The van der Waals surface area contributed by atoms with Gasteiger partial charge in [0.25, 0.3) is 0 Å². The first-order valence-corrected chi connectivity index (χ1v) is 18.6. The number of imidazole rings is 2. The summed E-state index contributed by atoms with van der Waals surface area (Å²) in [6.07, 6.45) is 4.29. The van der Waals surface area contributed by atoms with Crippen LogP contribution < -0.4 is 26.8 Å². The normalized spacial score (nSPS) is 13.7. The molecule has 0 atom stereocenters. The SMILES string of the molecule is COc1ccc(Nc2nc(-n3c(C4CC4)nc4ccccc43)nc(N)c2F)cc1.Cc1ccc(Nc2nc(-n3c(C4CC4)nc4ccccc43)nc(N)c2F)cc1. The van der Waals surface area contributed by atoms with Crippen LogP contribution in [0.1, 0.15) is 54.7 Å². The highest BCUT2D eigenvalue weighted by molar-refractivity contribution is 5.79. The number of hydrogen-bond acceptors (Lipinski definition) is 11. The van der Waals surface area contributed by atoms with Gasteiger partial charge in [-0.2, -0.15) is 28.7 Å². The first-order chi connectivity index (χ1) is 27.7. The zero-order valence-electron chi connectivity index (χ0n) is 31.1. The van der Waals surface area contributed by atoms with Gasteiger partial charge in [0.05, 0.1) is 29.2 Å². The molecule has 2 fully saturated rings. The third-order valence-corrected chi connectivity index (χ3v) is 9.86. The quantitative estimate of drug-likeness (QED) is 0.111. The van der Waals surface area contributed by atoms with Gasteiger partial charge in [0.2, 0.25) is 23.5 Å². The van der Waals surface area contributed by atoms with E-state index in [4.69, 9.17) is 26.2 Å². The van der Waals surface area contributed by atoms with Crippen LogP contribution in [0.3, 0.4) is 0 Å². The van der Waals surface area contributed by atoms with Gasteiger partial charge < -0.3 is 26.8 Å². The molecule has 8 aromatic rings. The van der Waals surface area contributed by atoms with Crippen LogP contribution in [0.15, 0.2) is 97.1 Å². The Morgan fingerprint density at radius 3 is 1.42 bits per heavy atom. The average Bonchev–Trinajstić information content (AvgIpc) is 4.17. The van der Waals surface area contributed by atoms with Gasteiger partial charge in [-0.15, -0.1) is 0 Å². The summed E-state index contributed by atoms with van der Waals surface area (Å²) in [7, 11) is 1.59. The molecule has 2 saturated carbocycles. The Labute approximate surface area is 325 Å². The molecule has 0 unspecified atom stereocenters. The molecule has 6 N–H and O–H groups in total. The summed E-state index contributed by atoms with van der Waals surface area (Å²) in [5, 5.41) is 6.00. The number of nitrogens with one attached hydrogen (secondary N) is 2. The molecule has 0 saturated heterocycles. The molecule has 4 heterocycles. The maximum Gasteiger partial charge on any atom is 0.239 e. The molecular formula is C42H38F2N12O. The van der Waals surface area contributed by atoms with E-state index in [0.717, 1.165) is 70.6 Å².